The van der Waals surface area contributed by atoms with E-state index in [9.17, 15) is 14.7 Å². The van der Waals surface area contributed by atoms with Gasteiger partial charge in [0.05, 0.1) is 6.42 Å². The Bertz CT molecular complexity index is 1490. The molecule has 0 atom stereocenters. The molecule has 39 heavy (non-hydrogen) atoms. The number of aliphatic carboxylic acids is 1. The molecule has 0 aliphatic heterocycles. The Morgan fingerprint density at radius 2 is 1.77 bits per heavy atom. The molecule has 0 unspecified atom stereocenters. The topological polar surface area (TPSA) is 98.0 Å². The predicted molar refractivity (Wildman–Crippen MR) is 151 cm³/mol. The van der Waals surface area contributed by atoms with Gasteiger partial charge in [0, 0.05) is 23.1 Å². The summed E-state index contributed by atoms with van der Waals surface area (Å²) in [6.07, 6.45) is 0.257. The summed E-state index contributed by atoms with van der Waals surface area (Å²) in [7, 11) is 0. The second-order valence-electron chi connectivity index (χ2n) is 10.6. The van der Waals surface area contributed by atoms with Gasteiger partial charge < -0.3 is 24.3 Å². The molecule has 1 aromatic heterocycles. The number of carboxylic acids is 1. The van der Waals surface area contributed by atoms with E-state index in [0.29, 0.717) is 17.9 Å². The smallest absolute Gasteiger partial charge is 0.407 e. The van der Waals surface area contributed by atoms with E-state index in [0.717, 1.165) is 51.0 Å². The Hall–Kier alpha value is -4.26. The average molecular weight is 530 g/mol. The number of hydrogen-bond acceptors (Lipinski definition) is 5. The summed E-state index contributed by atoms with van der Waals surface area (Å²) >= 11 is 0. The van der Waals surface area contributed by atoms with Crippen LogP contribution in [0, 0.1) is 6.92 Å². The third-order valence-electron chi connectivity index (χ3n) is 6.15. The second kappa shape index (κ2) is 11.6. The molecule has 0 aliphatic rings. The maximum absolute atomic E-state index is 12.1. The van der Waals surface area contributed by atoms with Gasteiger partial charge in [-0.15, -0.1) is 0 Å². The first-order valence-electron chi connectivity index (χ1n) is 13.1. The van der Waals surface area contributed by atoms with Crippen molar-refractivity contribution in [1.29, 1.82) is 0 Å². The lowest BCUT2D eigenvalue weighted by Crippen LogP contribution is -2.32. The fourth-order valence-electron chi connectivity index (χ4n) is 4.40. The van der Waals surface area contributed by atoms with E-state index in [1.54, 1.807) is 0 Å². The van der Waals surface area contributed by atoms with Gasteiger partial charge in [0.15, 0.2) is 0 Å². The number of carbonyl (C=O) groups excluding carboxylic acids is 1. The summed E-state index contributed by atoms with van der Waals surface area (Å²) in [5.74, 6) is 0.478. The summed E-state index contributed by atoms with van der Waals surface area (Å²) in [6.45, 7) is 10.0. The number of benzene rings is 3. The van der Waals surface area contributed by atoms with E-state index in [2.05, 4.69) is 12.2 Å². The monoisotopic (exact) mass is 529 g/mol. The highest BCUT2D eigenvalue weighted by Gasteiger charge is 2.17. The van der Waals surface area contributed by atoms with Crippen LogP contribution in [-0.4, -0.2) is 22.8 Å². The largest absolute Gasteiger partial charge is 0.489 e. The van der Waals surface area contributed by atoms with Crippen molar-refractivity contribution in [2.45, 2.75) is 66.2 Å². The molecule has 7 heteroatoms. The van der Waals surface area contributed by atoms with Crippen molar-refractivity contribution in [3.8, 4) is 16.9 Å². The third-order valence-corrected chi connectivity index (χ3v) is 6.15. The van der Waals surface area contributed by atoms with E-state index in [1.165, 1.54) is 0 Å². The number of amides is 1. The summed E-state index contributed by atoms with van der Waals surface area (Å²) in [4.78, 5) is 23.5. The first-order chi connectivity index (χ1) is 18.5. The molecule has 2 N–H and O–H groups in total. The van der Waals surface area contributed by atoms with Gasteiger partial charge in [-0.3, -0.25) is 4.79 Å². The first kappa shape index (κ1) is 27.8. The Kier molecular flexibility index (Phi) is 8.29. The fraction of sp³-hybridized carbons (Fsp3) is 0.312. The number of hydrogen-bond donors (Lipinski definition) is 2. The standard InChI is InChI=1S/C32H35NO6/c1-6-21-10-11-25(17-29(34)35)28(16-21)37-19-23-14-26-12-20(2)38-30(26)27(15-23)24-9-7-8-22(13-24)18-33-31(36)39-32(3,4)5/h7-16H,6,17-19H2,1-5H3,(H,33,36)(H,34,35). The van der Waals surface area contributed by atoms with Crippen LogP contribution >= 0.6 is 0 Å². The maximum Gasteiger partial charge on any atom is 0.407 e. The highest BCUT2D eigenvalue weighted by atomic mass is 16.6. The van der Waals surface area contributed by atoms with E-state index in [-0.39, 0.29) is 13.0 Å². The molecule has 1 heterocycles. The van der Waals surface area contributed by atoms with E-state index >= 15 is 0 Å². The van der Waals surface area contributed by atoms with Crippen molar-refractivity contribution in [2.75, 3.05) is 0 Å². The average Bonchev–Trinajstić information content (AvgIpc) is 3.25. The molecule has 204 valence electrons. The lowest BCUT2D eigenvalue weighted by atomic mass is 9.99. The maximum atomic E-state index is 12.1. The minimum atomic E-state index is -0.900. The zero-order valence-electron chi connectivity index (χ0n) is 23.1. The normalized spacial score (nSPS) is 11.4. The fourth-order valence-corrected chi connectivity index (χ4v) is 4.40. The minimum Gasteiger partial charge on any atom is -0.489 e. The van der Waals surface area contributed by atoms with Crippen LogP contribution in [0.5, 0.6) is 5.75 Å². The van der Waals surface area contributed by atoms with Crippen LogP contribution in [0.15, 0.2) is 65.1 Å². The van der Waals surface area contributed by atoms with Crippen LogP contribution in [-0.2, 0) is 35.5 Å². The van der Waals surface area contributed by atoms with Gasteiger partial charge in [-0.1, -0.05) is 37.3 Å². The molecule has 0 radical (unpaired) electrons. The molecule has 3 aromatic carbocycles. The van der Waals surface area contributed by atoms with Crippen molar-refractivity contribution in [3.63, 3.8) is 0 Å². The van der Waals surface area contributed by atoms with Crippen LogP contribution in [0.2, 0.25) is 0 Å². The van der Waals surface area contributed by atoms with E-state index in [4.69, 9.17) is 13.9 Å². The summed E-state index contributed by atoms with van der Waals surface area (Å²) < 4.78 is 17.6. The summed E-state index contributed by atoms with van der Waals surface area (Å²) in [5.41, 5.74) is 5.63. The minimum absolute atomic E-state index is 0.103. The molecule has 0 saturated carbocycles. The lowest BCUT2D eigenvalue weighted by Gasteiger charge is -2.19. The SMILES string of the molecule is CCc1ccc(CC(=O)O)c(OCc2cc(-c3cccc(CNC(=O)OC(C)(C)C)c3)c3oc(C)cc3c2)c1. The van der Waals surface area contributed by atoms with E-state index < -0.39 is 17.7 Å². The van der Waals surface area contributed by atoms with Gasteiger partial charge >= 0.3 is 12.1 Å². The molecule has 0 fully saturated rings. The van der Waals surface area contributed by atoms with Crippen LogP contribution in [0.25, 0.3) is 22.1 Å². The Balaban J connectivity index is 1.61. The molecular weight excluding hydrogens is 494 g/mol. The van der Waals surface area contributed by atoms with Crippen LogP contribution in [0.1, 0.15) is 55.7 Å². The summed E-state index contributed by atoms with van der Waals surface area (Å²) in [5, 5.41) is 13.1. The molecule has 0 spiro atoms. The van der Waals surface area contributed by atoms with Crippen LogP contribution < -0.4 is 10.1 Å². The molecule has 0 aliphatic carbocycles. The Morgan fingerprint density at radius 1 is 0.974 bits per heavy atom. The van der Waals surface area contributed by atoms with Gasteiger partial charge in [0.1, 0.15) is 29.3 Å². The number of aryl methyl sites for hydroxylation is 2. The third kappa shape index (κ3) is 7.41. The molecule has 7 nitrogen and oxygen atoms in total. The van der Waals surface area contributed by atoms with Gasteiger partial charge in [-0.05, 0) is 86.7 Å². The van der Waals surface area contributed by atoms with Gasteiger partial charge in [-0.25, -0.2) is 4.79 Å². The van der Waals surface area contributed by atoms with Gasteiger partial charge in [-0.2, -0.15) is 0 Å². The zero-order valence-corrected chi connectivity index (χ0v) is 23.1. The first-order valence-corrected chi connectivity index (χ1v) is 13.1. The molecular formula is C32H35NO6. The number of fused-ring (bicyclic) bond motifs is 1. The molecule has 0 bridgehead atoms. The number of rotatable bonds is 9. The predicted octanol–water partition coefficient (Wildman–Crippen LogP) is 7.20. The molecule has 4 rings (SSSR count). The lowest BCUT2D eigenvalue weighted by molar-refractivity contribution is -0.136. The quantitative estimate of drug-likeness (QED) is 0.238. The highest BCUT2D eigenvalue weighted by Crippen LogP contribution is 2.34. The Morgan fingerprint density at radius 3 is 2.49 bits per heavy atom. The van der Waals surface area contributed by atoms with Crippen molar-refractivity contribution < 1.29 is 28.6 Å². The molecule has 4 aromatic rings. The zero-order chi connectivity index (χ0) is 28.2. The van der Waals surface area contributed by atoms with Crippen molar-refractivity contribution >= 4 is 23.0 Å². The van der Waals surface area contributed by atoms with Crippen molar-refractivity contribution in [1.82, 2.24) is 5.32 Å². The molecule has 1 amide bonds. The number of nitrogens with one attached hydrogen (secondary N) is 1. The van der Waals surface area contributed by atoms with Crippen LogP contribution in [0.3, 0.4) is 0 Å². The number of ether oxygens (including phenoxy) is 2. The number of furan rings is 1. The Labute approximate surface area is 228 Å². The number of carbonyl (C=O) groups is 2. The number of alkyl carbamates (subject to hydrolysis) is 1. The van der Waals surface area contributed by atoms with Gasteiger partial charge in [0.2, 0.25) is 0 Å². The van der Waals surface area contributed by atoms with Gasteiger partial charge in [0.25, 0.3) is 0 Å². The van der Waals surface area contributed by atoms with Crippen molar-refractivity contribution in [2.24, 2.45) is 0 Å². The highest BCUT2D eigenvalue weighted by molar-refractivity contribution is 5.93. The molecule has 0 saturated heterocycles. The van der Waals surface area contributed by atoms with Crippen molar-refractivity contribution in [3.05, 3.63) is 88.7 Å². The van der Waals surface area contributed by atoms with E-state index in [1.807, 2.05) is 88.4 Å². The summed E-state index contributed by atoms with van der Waals surface area (Å²) in [6, 6.07) is 19.7. The van der Waals surface area contributed by atoms with Crippen LogP contribution in [0.4, 0.5) is 4.79 Å². The number of carboxylic acid groups (broad SMARTS) is 1. The second-order valence-corrected chi connectivity index (χ2v) is 10.6.